The SMILES string of the molecule is CC(=O)NC(CC/C=C/N)C(=O)SS. The Hall–Kier alpha value is -0.620. The van der Waals surface area contributed by atoms with Gasteiger partial charge >= 0.3 is 0 Å². The van der Waals surface area contributed by atoms with Crippen LogP contribution in [-0.2, 0) is 9.59 Å². The summed E-state index contributed by atoms with van der Waals surface area (Å²) in [4.78, 5) is 22.0. The first-order chi connectivity index (χ1) is 6.61. The Kier molecular flexibility index (Phi) is 7.41. The number of nitrogens with one attached hydrogen (secondary N) is 1. The van der Waals surface area contributed by atoms with Crippen LogP contribution in [0.25, 0.3) is 0 Å². The third-order valence-electron chi connectivity index (χ3n) is 1.51. The van der Waals surface area contributed by atoms with Gasteiger partial charge in [0.25, 0.3) is 0 Å². The second-order valence-electron chi connectivity index (χ2n) is 2.67. The molecule has 1 unspecified atom stereocenters. The fourth-order valence-corrected chi connectivity index (χ4v) is 1.60. The molecule has 0 fully saturated rings. The van der Waals surface area contributed by atoms with Crippen LogP contribution in [0.4, 0.5) is 0 Å². The molecule has 14 heavy (non-hydrogen) atoms. The summed E-state index contributed by atoms with van der Waals surface area (Å²) in [5.41, 5.74) is 5.15. The Bertz CT molecular complexity index is 231. The number of carbonyl (C=O) groups is 2. The van der Waals surface area contributed by atoms with E-state index in [1.165, 1.54) is 13.1 Å². The molecule has 0 rings (SSSR count). The average Bonchev–Trinajstić information content (AvgIpc) is 2.15. The van der Waals surface area contributed by atoms with Gasteiger partial charge in [0.1, 0.15) is 0 Å². The summed E-state index contributed by atoms with van der Waals surface area (Å²) < 4.78 is 0. The largest absolute Gasteiger partial charge is 0.405 e. The third kappa shape index (κ3) is 5.93. The second kappa shape index (κ2) is 7.75. The van der Waals surface area contributed by atoms with Gasteiger partial charge in [-0.15, -0.1) is 11.7 Å². The lowest BCUT2D eigenvalue weighted by molar-refractivity contribution is -0.123. The lowest BCUT2D eigenvalue weighted by atomic mass is 10.1. The molecule has 0 bridgehead atoms. The fourth-order valence-electron chi connectivity index (χ4n) is 0.917. The van der Waals surface area contributed by atoms with E-state index in [0.29, 0.717) is 12.8 Å². The number of allylic oxidation sites excluding steroid dienone is 1. The molecule has 0 aromatic rings. The molecule has 1 atom stereocenters. The number of rotatable bonds is 5. The predicted octanol–water partition coefficient (Wildman–Crippen LogP) is 0.848. The van der Waals surface area contributed by atoms with E-state index >= 15 is 0 Å². The van der Waals surface area contributed by atoms with E-state index in [-0.39, 0.29) is 11.0 Å². The zero-order valence-corrected chi connectivity index (χ0v) is 9.61. The highest BCUT2D eigenvalue weighted by Gasteiger charge is 2.17. The van der Waals surface area contributed by atoms with Crippen molar-refractivity contribution in [3.05, 3.63) is 12.3 Å². The number of thiol groups is 1. The van der Waals surface area contributed by atoms with Gasteiger partial charge in [-0.1, -0.05) is 6.08 Å². The van der Waals surface area contributed by atoms with Crippen molar-refractivity contribution in [1.29, 1.82) is 0 Å². The topological polar surface area (TPSA) is 72.2 Å². The zero-order chi connectivity index (χ0) is 11.0. The lowest BCUT2D eigenvalue weighted by Crippen LogP contribution is -2.37. The highest BCUT2D eigenvalue weighted by molar-refractivity contribution is 8.74. The van der Waals surface area contributed by atoms with E-state index in [2.05, 4.69) is 17.0 Å². The standard InChI is InChI=1S/C8H14N2O2S2/c1-6(11)10-7(8(12)14-13)4-2-3-5-9/h3,5,7,13H,2,4,9H2,1H3,(H,10,11)/b5-3+. The van der Waals surface area contributed by atoms with Gasteiger partial charge in [-0.05, 0) is 29.8 Å². The van der Waals surface area contributed by atoms with Crippen LogP contribution in [0.15, 0.2) is 12.3 Å². The molecule has 0 aliphatic heterocycles. The highest BCUT2D eigenvalue weighted by atomic mass is 33.1. The van der Waals surface area contributed by atoms with Crippen molar-refractivity contribution < 1.29 is 9.59 Å². The van der Waals surface area contributed by atoms with Gasteiger partial charge in [-0.25, -0.2) is 0 Å². The van der Waals surface area contributed by atoms with Crippen molar-refractivity contribution in [2.75, 3.05) is 0 Å². The Morgan fingerprint density at radius 3 is 2.71 bits per heavy atom. The molecular weight excluding hydrogens is 220 g/mol. The summed E-state index contributed by atoms with van der Waals surface area (Å²) in [7, 11) is 0.818. The van der Waals surface area contributed by atoms with Crippen LogP contribution in [0.3, 0.4) is 0 Å². The quantitative estimate of drug-likeness (QED) is 0.487. The van der Waals surface area contributed by atoms with Crippen molar-refractivity contribution in [2.24, 2.45) is 5.73 Å². The van der Waals surface area contributed by atoms with Crippen molar-refractivity contribution in [1.82, 2.24) is 5.32 Å². The van der Waals surface area contributed by atoms with E-state index in [0.717, 1.165) is 10.8 Å². The summed E-state index contributed by atoms with van der Waals surface area (Å²) in [5.74, 6) is -0.220. The van der Waals surface area contributed by atoms with Crippen LogP contribution in [0.2, 0.25) is 0 Å². The summed E-state index contributed by atoms with van der Waals surface area (Å²) in [6.45, 7) is 1.38. The minimum atomic E-state index is -0.480. The van der Waals surface area contributed by atoms with E-state index in [4.69, 9.17) is 5.73 Å². The smallest absolute Gasteiger partial charge is 0.221 e. The van der Waals surface area contributed by atoms with Gasteiger partial charge in [-0.2, -0.15) is 0 Å². The fraction of sp³-hybridized carbons (Fsp3) is 0.500. The Morgan fingerprint density at radius 2 is 2.29 bits per heavy atom. The molecule has 0 spiro atoms. The third-order valence-corrected chi connectivity index (χ3v) is 2.51. The maximum absolute atomic E-state index is 11.3. The summed E-state index contributed by atoms with van der Waals surface area (Å²) >= 11 is 3.80. The number of carbonyl (C=O) groups excluding carboxylic acids is 2. The van der Waals surface area contributed by atoms with Gasteiger partial charge < -0.3 is 11.1 Å². The summed E-state index contributed by atoms with van der Waals surface area (Å²) in [5, 5.41) is 2.40. The molecule has 6 heteroatoms. The Morgan fingerprint density at radius 1 is 1.64 bits per heavy atom. The van der Waals surface area contributed by atoms with E-state index in [1.54, 1.807) is 6.08 Å². The normalized spacial score (nSPS) is 12.7. The molecule has 4 nitrogen and oxygen atoms in total. The number of hydrogen-bond donors (Lipinski definition) is 3. The van der Waals surface area contributed by atoms with Gasteiger partial charge in [0.2, 0.25) is 11.0 Å². The van der Waals surface area contributed by atoms with Crippen molar-refractivity contribution >= 4 is 33.5 Å². The van der Waals surface area contributed by atoms with Crippen LogP contribution in [0.1, 0.15) is 19.8 Å². The lowest BCUT2D eigenvalue weighted by Gasteiger charge is -2.13. The molecule has 0 aromatic carbocycles. The molecule has 3 N–H and O–H groups in total. The summed E-state index contributed by atoms with van der Waals surface area (Å²) in [6.07, 6.45) is 4.36. The number of hydrogen-bond acceptors (Lipinski definition) is 5. The van der Waals surface area contributed by atoms with Crippen LogP contribution < -0.4 is 11.1 Å². The van der Waals surface area contributed by atoms with E-state index in [9.17, 15) is 9.59 Å². The molecule has 0 aromatic heterocycles. The van der Waals surface area contributed by atoms with E-state index < -0.39 is 6.04 Å². The molecule has 80 valence electrons. The Labute approximate surface area is 92.5 Å². The summed E-state index contributed by atoms with van der Waals surface area (Å²) in [6, 6.07) is -0.480. The van der Waals surface area contributed by atoms with E-state index in [1.807, 2.05) is 0 Å². The van der Waals surface area contributed by atoms with Crippen LogP contribution in [0, 0.1) is 0 Å². The predicted molar refractivity (Wildman–Crippen MR) is 61.8 cm³/mol. The van der Waals surface area contributed by atoms with Gasteiger partial charge in [0, 0.05) is 6.92 Å². The molecule has 0 saturated carbocycles. The maximum Gasteiger partial charge on any atom is 0.221 e. The second-order valence-corrected chi connectivity index (χ2v) is 3.80. The first-order valence-corrected chi connectivity index (χ1v) is 5.97. The molecule has 0 saturated heterocycles. The minimum Gasteiger partial charge on any atom is -0.405 e. The van der Waals surface area contributed by atoms with Crippen LogP contribution in [-0.4, -0.2) is 17.1 Å². The maximum atomic E-state index is 11.3. The van der Waals surface area contributed by atoms with Crippen LogP contribution in [0.5, 0.6) is 0 Å². The number of amides is 1. The van der Waals surface area contributed by atoms with Crippen molar-refractivity contribution in [3.63, 3.8) is 0 Å². The van der Waals surface area contributed by atoms with Gasteiger partial charge in [0.05, 0.1) is 6.04 Å². The molecule has 0 aliphatic rings. The molecular formula is C8H14N2O2S2. The number of nitrogens with two attached hydrogens (primary N) is 1. The zero-order valence-electron chi connectivity index (χ0n) is 7.90. The van der Waals surface area contributed by atoms with Crippen LogP contribution >= 0.6 is 22.5 Å². The monoisotopic (exact) mass is 234 g/mol. The highest BCUT2D eigenvalue weighted by Crippen LogP contribution is 2.13. The first kappa shape index (κ1) is 13.4. The minimum absolute atomic E-state index is 0.158. The molecule has 1 amide bonds. The Balaban J connectivity index is 4.10. The molecule has 0 radical (unpaired) electrons. The average molecular weight is 234 g/mol. The van der Waals surface area contributed by atoms with Crippen molar-refractivity contribution in [3.8, 4) is 0 Å². The van der Waals surface area contributed by atoms with Gasteiger partial charge in [0.15, 0.2) is 0 Å². The molecule has 0 heterocycles. The first-order valence-electron chi connectivity index (χ1n) is 4.11. The molecule has 0 aliphatic carbocycles. The van der Waals surface area contributed by atoms with Gasteiger partial charge in [-0.3, -0.25) is 9.59 Å². The van der Waals surface area contributed by atoms with Crippen molar-refractivity contribution in [2.45, 2.75) is 25.8 Å².